The maximum Gasteiger partial charge on any atom is 0.407 e. The summed E-state index contributed by atoms with van der Waals surface area (Å²) in [7, 11) is 0. The van der Waals surface area contributed by atoms with Gasteiger partial charge in [-0.1, -0.05) is 121 Å². The Balaban J connectivity index is 0.000000119. The van der Waals surface area contributed by atoms with Gasteiger partial charge in [-0.2, -0.15) is 0 Å². The Morgan fingerprint density at radius 1 is 0.379 bits per heavy atom. The molecule has 16 atom stereocenters. The van der Waals surface area contributed by atoms with E-state index in [9.17, 15) is 49.8 Å². The van der Waals surface area contributed by atoms with Gasteiger partial charge in [0.25, 0.3) is 0 Å². The van der Waals surface area contributed by atoms with Gasteiger partial charge in [0.2, 0.25) is 0 Å². The van der Waals surface area contributed by atoms with Crippen molar-refractivity contribution < 1.29 is 102 Å². The lowest BCUT2D eigenvalue weighted by atomic mass is 10.0. The van der Waals surface area contributed by atoms with Crippen LogP contribution >= 0.6 is 0 Å². The fourth-order valence-electron chi connectivity index (χ4n) is 19.3. The summed E-state index contributed by atoms with van der Waals surface area (Å²) in [5, 5.41) is 86.9. The lowest BCUT2D eigenvalue weighted by Gasteiger charge is -2.24. The second kappa shape index (κ2) is 41.4. The molecule has 732 valence electrons. The van der Waals surface area contributed by atoms with Gasteiger partial charge in [0.1, 0.15) is 124 Å². The van der Waals surface area contributed by atoms with E-state index in [1.165, 1.54) is 116 Å². The molecule has 4 aromatic carbocycles. The largest absolute Gasteiger partial charge is 0.480 e. The normalized spacial score (nSPS) is 24.9. The lowest BCUT2D eigenvalue weighted by Crippen LogP contribution is -2.36. The zero-order chi connectivity index (χ0) is 97.0. The van der Waals surface area contributed by atoms with E-state index in [2.05, 4.69) is 196 Å². The molecule has 6 fully saturated rings. The number of alkyl carbamates (subject to hydrolysis) is 2. The number of aromatic nitrogens is 16. The number of carbonyl (C=O) groups excluding carboxylic acids is 3. The van der Waals surface area contributed by atoms with Gasteiger partial charge in [0, 0.05) is 26.2 Å². The summed E-state index contributed by atoms with van der Waals surface area (Å²) in [6.45, 7) is 9.80. The first-order chi connectivity index (χ1) is 67.9. The van der Waals surface area contributed by atoms with Crippen LogP contribution in [0.15, 0.2) is 172 Å². The van der Waals surface area contributed by atoms with Crippen molar-refractivity contribution in [1.82, 2.24) is 88.7 Å². The van der Waals surface area contributed by atoms with Gasteiger partial charge in [0.15, 0.2) is 104 Å². The number of hydrogen-bond donors (Lipinski definition) is 13. The van der Waals surface area contributed by atoms with E-state index in [4.69, 9.17) is 52.5 Å². The summed E-state index contributed by atoms with van der Waals surface area (Å²) in [6.07, 6.45) is 14.0. The third kappa shape index (κ3) is 20.2. The number of carboxylic acids is 1. The number of Topliss-reactive ketones (excluding diaryl/α,β-unsaturated/α-hetero) is 1. The van der Waals surface area contributed by atoms with Crippen LogP contribution in [-0.2, 0) is 82.6 Å². The van der Waals surface area contributed by atoms with E-state index in [-0.39, 0.29) is 44.4 Å². The highest BCUT2D eigenvalue weighted by Crippen LogP contribution is 2.47. The number of carbonyl (C=O) groups is 4. The van der Waals surface area contributed by atoms with Crippen molar-refractivity contribution in [1.29, 1.82) is 0 Å². The molecule has 0 spiro atoms. The first-order valence-corrected chi connectivity index (χ1v) is 46.5. The van der Waals surface area contributed by atoms with Crippen LogP contribution in [0.1, 0.15) is 130 Å². The van der Waals surface area contributed by atoms with Crippen LogP contribution in [-0.4, -0.2) is 288 Å². The average molecular weight is 1920 g/mol. The van der Waals surface area contributed by atoms with E-state index >= 15 is 0 Å². The van der Waals surface area contributed by atoms with E-state index in [1.54, 1.807) is 21.8 Å². The number of nitrogens with one attached hydrogen (secondary N) is 6. The molecule has 0 saturated carbocycles. The molecule has 43 nitrogen and oxygen atoms in total. The molecule has 13 N–H and O–H groups in total. The van der Waals surface area contributed by atoms with Crippen molar-refractivity contribution >= 4 is 114 Å². The number of aliphatic hydroxyl groups excluding tert-OH is 6. The van der Waals surface area contributed by atoms with Gasteiger partial charge >= 0.3 is 18.2 Å². The highest BCUT2D eigenvalue weighted by atomic mass is 16.8. The number of rotatable bonds is 30. The van der Waals surface area contributed by atoms with Gasteiger partial charge < -0.3 is 115 Å². The molecular weight excluding hydrogens is 1810 g/mol. The average Bonchev–Trinajstić information content (AvgIpc) is 1.59. The molecule has 2 amide bonds. The molecule has 0 bridgehead atoms. The fraction of sp³-hybridized carbons (Fsp3) is 0.423. The second-order valence-electron chi connectivity index (χ2n) is 36.0. The second-order valence-corrected chi connectivity index (χ2v) is 36.0. The molecule has 10 aliphatic rings. The SMILES string of the molecule is CC(=O)CNC(=O)OC[C@H]1O[C@@H](n2cnc3c(NCCC4=CCc5ccccc54)ncnc32)C2OC(C)(C)O[C@H]21.CC1(C)OC2[C@@H](O1)[C@@H](CO)O[C@H]2n1cnc2c(NCCC3=CCc4ccccc43)ncnc21.O=C(O)CNC(=O)OC[C@H]1O[C@@H](n2cnc3c(NCCC4=CCc5ccccc54)ncnc32)C(O)[C@H]1O.OC[C@H]1O[C@@H](n2cnc3c(NCCC4=CCc5ccccc54)ncnc32)C(O)[C@H]1O. The topological polar surface area (TPSA) is 549 Å². The van der Waals surface area contributed by atoms with Crippen molar-refractivity contribution in [3.8, 4) is 0 Å². The molecule has 6 saturated heterocycles. The van der Waals surface area contributed by atoms with Crippen LogP contribution in [0.25, 0.3) is 66.9 Å². The number of anilines is 4. The Hall–Kier alpha value is -13.6. The van der Waals surface area contributed by atoms with Crippen molar-refractivity contribution in [3.63, 3.8) is 0 Å². The molecule has 8 aromatic heterocycles. The number of nitrogens with zero attached hydrogens (tertiary/aromatic N) is 16. The van der Waals surface area contributed by atoms with Crippen LogP contribution in [0, 0.1) is 0 Å². The Morgan fingerprint density at radius 2 is 0.679 bits per heavy atom. The quantitative estimate of drug-likeness (QED) is 0.0211. The highest BCUT2D eigenvalue weighted by Gasteiger charge is 2.58. The number of amides is 2. The number of carboxylic acid groups (broad SMARTS) is 1. The predicted molar refractivity (Wildman–Crippen MR) is 505 cm³/mol. The Morgan fingerprint density at radius 3 is 1.02 bits per heavy atom. The van der Waals surface area contributed by atoms with Crippen molar-refractivity contribution in [2.45, 2.75) is 196 Å². The monoisotopic (exact) mass is 1920 g/mol. The van der Waals surface area contributed by atoms with Crippen LogP contribution in [0.4, 0.5) is 32.9 Å². The maximum atomic E-state index is 12.0. The first-order valence-electron chi connectivity index (χ1n) is 46.5. The Labute approximate surface area is 800 Å². The fourth-order valence-corrected chi connectivity index (χ4v) is 19.3. The van der Waals surface area contributed by atoms with Crippen LogP contribution < -0.4 is 31.9 Å². The van der Waals surface area contributed by atoms with E-state index < -0.39 is 129 Å². The van der Waals surface area contributed by atoms with Crippen molar-refractivity contribution in [3.05, 3.63) is 216 Å². The van der Waals surface area contributed by atoms with Crippen molar-refractivity contribution in [2.75, 3.05) is 87.0 Å². The molecule has 140 heavy (non-hydrogen) atoms. The summed E-state index contributed by atoms with van der Waals surface area (Å²) >= 11 is 0. The molecule has 6 aliphatic heterocycles. The number of ether oxygens (including phenoxy) is 10. The highest BCUT2D eigenvalue weighted by molar-refractivity contribution is 5.87. The number of benzene rings is 4. The van der Waals surface area contributed by atoms with Crippen molar-refractivity contribution in [2.24, 2.45) is 0 Å². The molecular formula is C97H108N22O21. The molecule has 43 heteroatoms. The first kappa shape index (κ1) is 95.3. The summed E-state index contributed by atoms with van der Waals surface area (Å²) in [5.74, 6) is -0.551. The molecule has 4 aliphatic carbocycles. The standard InChI is InChI=1S/C28H32N6O6.C24H26N6O7.C24H27N5O4.C21H23N5O4/c1-16(35)12-30-27(36)37-13-20-22-23(40-28(2,3)39-22)26(38-20)34-15-33-21-24(31-14-32-25(21)34)29-11-10-18-9-8-17-6-4-5-7-19(17)18;31-17(32)9-26-24(35)36-10-16-19(33)20(34)23(37-16)30-12-29-18-21(27-11-28-22(18)30)25-8-7-14-6-5-13-3-1-2-4-15(13)14;1-24(2)32-19-17(11-30)31-23(20(19)33-24)29-13-28-18-21(26-12-27-22(18)29)25-10-9-15-8-7-14-5-3-4-6-16(14)15;27-9-15-17(28)18(29)21(30-15)26-11-25-16-19(23-10-24-20(16)26)22-8-7-13-6-5-12-3-1-2-4-14(12)13/h4-7,9,14-15,20,22-23,26H,8,10-13H2,1-3H3,(H,30,36)(H,29,31,32);1-4,6,11-12,16,19-20,23,33-34H,5,7-10H2,(H,26,35)(H,31,32)(H,25,27,28);3-6,8,12-13,17,19-20,23,30H,7,9-11H2,1-2H3,(H,25,26,27);1-4,6,10-11,15,17-18,21,27-29H,5,7-9H2,(H,22,23,24)/t20-,22+,23?,26-;16-,19+,20?,23-;17-,19+,20?,23-;15-,17+,18?,21-/m1111/s1. The van der Waals surface area contributed by atoms with Crippen LogP contribution in [0.2, 0.25) is 0 Å². The molecule has 22 rings (SSSR count). The molecule has 14 heterocycles. The molecule has 12 aromatic rings. The third-order valence-electron chi connectivity index (χ3n) is 25.9. The van der Waals surface area contributed by atoms with Crippen LogP contribution in [0.3, 0.4) is 0 Å². The van der Waals surface area contributed by atoms with E-state index in [1.807, 2.05) is 49.7 Å². The summed E-state index contributed by atoms with van der Waals surface area (Å²) < 4.78 is 65.0. The molecule has 4 unspecified atom stereocenters. The summed E-state index contributed by atoms with van der Waals surface area (Å²) in [5.41, 5.74) is 20.3. The smallest absolute Gasteiger partial charge is 0.407 e. The summed E-state index contributed by atoms with van der Waals surface area (Å²) in [4.78, 5) is 98.2. The van der Waals surface area contributed by atoms with Gasteiger partial charge in [-0.15, -0.1) is 0 Å². The lowest BCUT2D eigenvalue weighted by molar-refractivity contribution is -0.199. The Kier molecular flexibility index (Phi) is 28.2. The Bertz CT molecular complexity index is 6700. The summed E-state index contributed by atoms with van der Waals surface area (Å²) in [6, 6.07) is 33.8. The molecule has 0 radical (unpaired) electrons. The predicted octanol–water partition coefficient (Wildman–Crippen LogP) is 7.26. The van der Waals surface area contributed by atoms with Gasteiger partial charge in [-0.25, -0.2) is 69.4 Å². The number of ketones is 1. The third-order valence-corrected chi connectivity index (χ3v) is 25.9. The minimum atomic E-state index is -1.36. The van der Waals surface area contributed by atoms with E-state index in [0.29, 0.717) is 87.6 Å². The van der Waals surface area contributed by atoms with Gasteiger partial charge in [-0.3, -0.25) is 27.9 Å². The number of aliphatic carboxylic acids is 1. The number of hydrogen-bond acceptors (Lipinski definition) is 36. The number of fused-ring (bicyclic) bond motifs is 10. The van der Waals surface area contributed by atoms with Gasteiger partial charge in [0.05, 0.1) is 45.1 Å². The zero-order valence-electron chi connectivity index (χ0n) is 77.1. The number of allylic oxidation sites excluding steroid dienone is 4. The van der Waals surface area contributed by atoms with E-state index in [0.717, 1.165) is 57.9 Å². The zero-order valence-corrected chi connectivity index (χ0v) is 77.1. The number of aliphatic hydroxyl groups is 6. The maximum absolute atomic E-state index is 12.0. The van der Waals surface area contributed by atoms with Crippen LogP contribution in [0.5, 0.6) is 0 Å². The van der Waals surface area contributed by atoms with Gasteiger partial charge in [-0.05, 0) is 153 Å². The number of imidazole rings is 4. The minimum absolute atomic E-state index is 0.0752. The minimum Gasteiger partial charge on any atom is -0.480 e.